The maximum atomic E-state index is 13.5. The van der Waals surface area contributed by atoms with E-state index in [4.69, 9.17) is 0 Å². The number of fused-ring (bicyclic) bond motifs is 1. The average molecular weight is 287 g/mol. The van der Waals surface area contributed by atoms with E-state index in [1.54, 1.807) is 0 Å². The van der Waals surface area contributed by atoms with E-state index in [-0.39, 0.29) is 17.3 Å². The third kappa shape index (κ3) is 2.47. The van der Waals surface area contributed by atoms with E-state index in [1.165, 1.54) is 6.07 Å². The SMILES string of the molecule is Cc1ccc2[nH]c(O)c(N=Nc3ccc(F)cc3F)c2c1. The Bertz CT molecular complexity index is 855. The quantitative estimate of drug-likeness (QED) is 0.648. The summed E-state index contributed by atoms with van der Waals surface area (Å²) in [7, 11) is 0. The fraction of sp³-hybridized carbons (Fsp3) is 0.0667. The molecule has 2 aromatic carbocycles. The molecule has 0 radical (unpaired) electrons. The third-order valence-corrected chi connectivity index (χ3v) is 3.08. The predicted octanol–water partition coefficient (Wildman–Crippen LogP) is 4.88. The van der Waals surface area contributed by atoms with Gasteiger partial charge < -0.3 is 10.1 Å². The van der Waals surface area contributed by atoms with Gasteiger partial charge in [0.05, 0.1) is 5.52 Å². The molecule has 2 N–H and O–H groups in total. The van der Waals surface area contributed by atoms with Gasteiger partial charge >= 0.3 is 0 Å². The van der Waals surface area contributed by atoms with Crippen molar-refractivity contribution in [2.75, 3.05) is 0 Å². The van der Waals surface area contributed by atoms with Crippen LogP contribution in [0.25, 0.3) is 10.9 Å². The Hall–Kier alpha value is -2.76. The number of aryl methyl sites for hydroxylation is 1. The first-order valence-electron chi connectivity index (χ1n) is 6.22. The van der Waals surface area contributed by atoms with Crippen LogP contribution >= 0.6 is 0 Å². The van der Waals surface area contributed by atoms with Crippen molar-refractivity contribution in [1.82, 2.24) is 4.98 Å². The molecule has 0 bridgehead atoms. The Labute approximate surface area is 118 Å². The smallest absolute Gasteiger partial charge is 0.218 e. The van der Waals surface area contributed by atoms with Gasteiger partial charge in [0.2, 0.25) is 5.88 Å². The van der Waals surface area contributed by atoms with Gasteiger partial charge in [0.15, 0.2) is 11.5 Å². The van der Waals surface area contributed by atoms with Gasteiger partial charge in [-0.05, 0) is 31.2 Å². The minimum atomic E-state index is -0.811. The van der Waals surface area contributed by atoms with Crippen molar-refractivity contribution in [3.8, 4) is 5.88 Å². The molecular weight excluding hydrogens is 276 g/mol. The second kappa shape index (κ2) is 4.97. The Balaban J connectivity index is 2.06. The standard InChI is InChI=1S/C15H11F2N3O/c1-8-2-4-12-10(6-8)14(15(21)18-12)20-19-13-5-3-9(16)7-11(13)17/h2-7,18,21H,1H3. The number of azo groups is 1. The molecule has 106 valence electrons. The fourth-order valence-electron chi connectivity index (χ4n) is 2.04. The van der Waals surface area contributed by atoms with Gasteiger partial charge in [0, 0.05) is 11.5 Å². The molecule has 6 heteroatoms. The molecule has 0 amide bonds. The molecule has 3 rings (SSSR count). The number of H-pyrrole nitrogens is 1. The van der Waals surface area contributed by atoms with Crippen LogP contribution in [0.3, 0.4) is 0 Å². The summed E-state index contributed by atoms with van der Waals surface area (Å²) in [5.41, 5.74) is 1.81. The van der Waals surface area contributed by atoms with Gasteiger partial charge in [0.1, 0.15) is 11.5 Å². The molecule has 0 aliphatic rings. The molecule has 0 spiro atoms. The van der Waals surface area contributed by atoms with Gasteiger partial charge in [-0.15, -0.1) is 10.2 Å². The molecule has 3 aromatic rings. The van der Waals surface area contributed by atoms with Crippen molar-refractivity contribution in [1.29, 1.82) is 0 Å². The highest BCUT2D eigenvalue weighted by atomic mass is 19.1. The molecule has 1 heterocycles. The second-order valence-corrected chi connectivity index (χ2v) is 4.67. The van der Waals surface area contributed by atoms with Crippen LogP contribution in [0.4, 0.5) is 20.2 Å². The minimum Gasteiger partial charge on any atom is -0.493 e. The zero-order valence-corrected chi connectivity index (χ0v) is 11.1. The van der Waals surface area contributed by atoms with Crippen molar-refractivity contribution >= 4 is 22.3 Å². The molecule has 1 aromatic heterocycles. The lowest BCUT2D eigenvalue weighted by molar-refractivity contribution is 0.459. The first-order chi connectivity index (χ1) is 10.0. The predicted molar refractivity (Wildman–Crippen MR) is 75.2 cm³/mol. The van der Waals surface area contributed by atoms with Gasteiger partial charge in [-0.3, -0.25) is 0 Å². The van der Waals surface area contributed by atoms with Crippen molar-refractivity contribution < 1.29 is 13.9 Å². The zero-order valence-electron chi connectivity index (χ0n) is 11.1. The van der Waals surface area contributed by atoms with Crippen LogP contribution in [0.15, 0.2) is 46.6 Å². The molecular formula is C15H11F2N3O. The molecule has 0 saturated carbocycles. The summed E-state index contributed by atoms with van der Waals surface area (Å²) in [5, 5.41) is 18.1. The van der Waals surface area contributed by atoms with E-state index >= 15 is 0 Å². The summed E-state index contributed by atoms with van der Waals surface area (Å²) in [6.07, 6.45) is 0. The van der Waals surface area contributed by atoms with Gasteiger partial charge in [-0.1, -0.05) is 11.6 Å². The summed E-state index contributed by atoms with van der Waals surface area (Å²) < 4.78 is 26.3. The maximum absolute atomic E-state index is 13.5. The van der Waals surface area contributed by atoms with Crippen LogP contribution in [0.1, 0.15) is 5.56 Å². The van der Waals surface area contributed by atoms with Crippen molar-refractivity contribution in [2.24, 2.45) is 10.2 Å². The lowest BCUT2D eigenvalue weighted by Crippen LogP contribution is -1.78. The highest BCUT2D eigenvalue weighted by Gasteiger charge is 2.11. The summed E-state index contributed by atoms with van der Waals surface area (Å²) in [5.74, 6) is -1.65. The fourth-order valence-corrected chi connectivity index (χ4v) is 2.04. The maximum Gasteiger partial charge on any atom is 0.218 e. The number of nitrogens with one attached hydrogen (secondary N) is 1. The Kier molecular flexibility index (Phi) is 3.13. The lowest BCUT2D eigenvalue weighted by atomic mass is 10.2. The highest BCUT2D eigenvalue weighted by molar-refractivity contribution is 5.94. The van der Waals surface area contributed by atoms with Crippen LogP contribution in [0, 0.1) is 18.6 Å². The zero-order chi connectivity index (χ0) is 15.0. The topological polar surface area (TPSA) is 60.7 Å². The number of aromatic hydroxyl groups is 1. The summed E-state index contributed by atoms with van der Waals surface area (Å²) in [6, 6.07) is 8.54. The number of halogens is 2. The van der Waals surface area contributed by atoms with Crippen LogP contribution < -0.4 is 0 Å². The molecule has 4 nitrogen and oxygen atoms in total. The van der Waals surface area contributed by atoms with Gasteiger partial charge in [-0.25, -0.2) is 8.78 Å². The van der Waals surface area contributed by atoms with E-state index in [1.807, 2.05) is 25.1 Å². The number of aromatic amines is 1. The number of hydrogen-bond acceptors (Lipinski definition) is 3. The van der Waals surface area contributed by atoms with Crippen molar-refractivity contribution in [3.63, 3.8) is 0 Å². The summed E-state index contributed by atoms with van der Waals surface area (Å²) >= 11 is 0. The third-order valence-electron chi connectivity index (χ3n) is 3.08. The Morgan fingerprint density at radius 3 is 2.62 bits per heavy atom. The van der Waals surface area contributed by atoms with E-state index in [0.29, 0.717) is 10.9 Å². The molecule has 0 unspecified atom stereocenters. The average Bonchev–Trinajstić information content (AvgIpc) is 2.73. The van der Waals surface area contributed by atoms with Crippen LogP contribution in [0.2, 0.25) is 0 Å². The number of rotatable bonds is 2. The lowest BCUT2D eigenvalue weighted by Gasteiger charge is -1.96. The molecule has 0 aliphatic heterocycles. The first-order valence-corrected chi connectivity index (χ1v) is 6.22. The normalized spacial score (nSPS) is 11.6. The van der Waals surface area contributed by atoms with Crippen molar-refractivity contribution in [2.45, 2.75) is 6.92 Å². The van der Waals surface area contributed by atoms with Crippen LogP contribution in [-0.2, 0) is 0 Å². The molecule has 0 saturated heterocycles. The van der Waals surface area contributed by atoms with E-state index in [0.717, 1.165) is 17.7 Å². The van der Waals surface area contributed by atoms with Crippen molar-refractivity contribution in [3.05, 3.63) is 53.6 Å². The Morgan fingerprint density at radius 1 is 1.05 bits per heavy atom. The molecule has 0 aliphatic carbocycles. The van der Waals surface area contributed by atoms with Crippen LogP contribution in [0.5, 0.6) is 5.88 Å². The van der Waals surface area contributed by atoms with Gasteiger partial charge in [-0.2, -0.15) is 0 Å². The van der Waals surface area contributed by atoms with E-state index < -0.39 is 11.6 Å². The summed E-state index contributed by atoms with van der Waals surface area (Å²) in [4.78, 5) is 2.76. The highest BCUT2D eigenvalue weighted by Crippen LogP contribution is 2.36. The Morgan fingerprint density at radius 2 is 1.86 bits per heavy atom. The monoisotopic (exact) mass is 287 g/mol. The minimum absolute atomic E-state index is 0.0993. The number of hydrogen-bond donors (Lipinski definition) is 2. The molecule has 0 atom stereocenters. The number of nitrogens with zero attached hydrogens (tertiary/aromatic N) is 2. The molecule has 0 fully saturated rings. The first kappa shape index (κ1) is 13.2. The van der Waals surface area contributed by atoms with E-state index in [9.17, 15) is 13.9 Å². The van der Waals surface area contributed by atoms with E-state index in [2.05, 4.69) is 15.2 Å². The number of aromatic nitrogens is 1. The second-order valence-electron chi connectivity index (χ2n) is 4.67. The molecule has 21 heavy (non-hydrogen) atoms. The number of benzene rings is 2. The van der Waals surface area contributed by atoms with Crippen LogP contribution in [-0.4, -0.2) is 10.1 Å². The van der Waals surface area contributed by atoms with Gasteiger partial charge in [0.25, 0.3) is 0 Å². The largest absolute Gasteiger partial charge is 0.493 e. The summed E-state index contributed by atoms with van der Waals surface area (Å²) in [6.45, 7) is 1.91.